The van der Waals surface area contributed by atoms with Crippen LogP contribution in [0.4, 0.5) is 0 Å². The first-order chi connectivity index (χ1) is 9.17. The zero-order valence-electron chi connectivity index (χ0n) is 13.0. The van der Waals surface area contributed by atoms with Crippen LogP contribution >= 0.6 is 0 Å². The molecule has 0 fully saturated rings. The molecule has 0 saturated heterocycles. The maximum atomic E-state index is 5.84. The molecule has 0 aliphatic rings. The summed E-state index contributed by atoms with van der Waals surface area (Å²) in [5, 5.41) is 0. The topological polar surface area (TPSA) is 12.5 Å². The summed E-state index contributed by atoms with van der Waals surface area (Å²) in [6.07, 6.45) is 3.67. The third-order valence-corrected chi connectivity index (χ3v) is 3.60. The van der Waals surface area contributed by atoms with E-state index in [2.05, 4.69) is 50.8 Å². The van der Waals surface area contributed by atoms with Crippen molar-refractivity contribution in [3.05, 3.63) is 29.3 Å². The standard InChI is InChI=1S/C17H29NO/c1-5-18(6-2)12-8-7-9-13-19-17-11-10-15(3)14-16(17)4/h10-11,14H,5-9,12-13H2,1-4H3. The van der Waals surface area contributed by atoms with Gasteiger partial charge in [0.1, 0.15) is 5.75 Å². The maximum Gasteiger partial charge on any atom is 0.122 e. The molecular formula is C17H29NO. The second kappa shape index (κ2) is 8.98. The van der Waals surface area contributed by atoms with Crippen LogP contribution in [-0.4, -0.2) is 31.1 Å². The Balaban J connectivity index is 2.14. The molecule has 1 aromatic rings. The molecule has 1 aromatic carbocycles. The van der Waals surface area contributed by atoms with Crippen LogP contribution in [0.3, 0.4) is 0 Å². The first-order valence-electron chi connectivity index (χ1n) is 7.59. The maximum absolute atomic E-state index is 5.84. The van der Waals surface area contributed by atoms with Crippen LogP contribution in [0, 0.1) is 13.8 Å². The highest BCUT2D eigenvalue weighted by molar-refractivity contribution is 5.35. The van der Waals surface area contributed by atoms with Crippen LogP contribution in [0.1, 0.15) is 44.2 Å². The van der Waals surface area contributed by atoms with E-state index in [0.717, 1.165) is 31.9 Å². The summed E-state index contributed by atoms with van der Waals surface area (Å²) < 4.78 is 5.84. The van der Waals surface area contributed by atoms with E-state index in [1.807, 2.05) is 0 Å². The lowest BCUT2D eigenvalue weighted by Gasteiger charge is -2.17. The van der Waals surface area contributed by atoms with Gasteiger partial charge in [-0.3, -0.25) is 0 Å². The van der Waals surface area contributed by atoms with E-state index in [9.17, 15) is 0 Å². The summed E-state index contributed by atoms with van der Waals surface area (Å²) in [5.74, 6) is 1.04. The highest BCUT2D eigenvalue weighted by Gasteiger charge is 2.00. The Morgan fingerprint density at radius 1 is 1.00 bits per heavy atom. The number of unbranched alkanes of at least 4 members (excludes halogenated alkanes) is 2. The van der Waals surface area contributed by atoms with Crippen molar-refractivity contribution < 1.29 is 4.74 Å². The molecule has 0 N–H and O–H groups in total. The van der Waals surface area contributed by atoms with Crippen LogP contribution < -0.4 is 4.74 Å². The normalized spacial score (nSPS) is 11.0. The Morgan fingerprint density at radius 3 is 2.37 bits per heavy atom. The van der Waals surface area contributed by atoms with Crippen LogP contribution in [-0.2, 0) is 0 Å². The summed E-state index contributed by atoms with van der Waals surface area (Å²) in [4.78, 5) is 2.48. The van der Waals surface area contributed by atoms with Crippen LogP contribution in [0.5, 0.6) is 5.75 Å². The quantitative estimate of drug-likeness (QED) is 0.619. The van der Waals surface area contributed by atoms with Gasteiger partial charge >= 0.3 is 0 Å². The highest BCUT2D eigenvalue weighted by Crippen LogP contribution is 2.18. The number of hydrogen-bond donors (Lipinski definition) is 0. The van der Waals surface area contributed by atoms with Crippen LogP contribution in [0.25, 0.3) is 0 Å². The van der Waals surface area contributed by atoms with Gasteiger partial charge in [-0.15, -0.1) is 0 Å². The van der Waals surface area contributed by atoms with Gasteiger partial charge in [0, 0.05) is 0 Å². The average Bonchev–Trinajstić information content (AvgIpc) is 2.40. The monoisotopic (exact) mass is 263 g/mol. The lowest BCUT2D eigenvalue weighted by molar-refractivity contribution is 0.276. The first-order valence-corrected chi connectivity index (χ1v) is 7.59. The summed E-state index contributed by atoms with van der Waals surface area (Å²) >= 11 is 0. The highest BCUT2D eigenvalue weighted by atomic mass is 16.5. The van der Waals surface area contributed by atoms with Gasteiger partial charge in [-0.25, -0.2) is 0 Å². The molecule has 0 spiro atoms. The van der Waals surface area contributed by atoms with Crippen molar-refractivity contribution in [3.8, 4) is 5.75 Å². The zero-order chi connectivity index (χ0) is 14.1. The number of benzene rings is 1. The third-order valence-electron chi connectivity index (χ3n) is 3.60. The second-order valence-electron chi connectivity index (χ2n) is 5.20. The Kier molecular flexibility index (Phi) is 7.57. The summed E-state index contributed by atoms with van der Waals surface area (Å²) in [7, 11) is 0. The van der Waals surface area contributed by atoms with E-state index in [1.54, 1.807) is 0 Å². The summed E-state index contributed by atoms with van der Waals surface area (Å²) in [6.45, 7) is 13.1. The molecular weight excluding hydrogens is 234 g/mol. The van der Waals surface area contributed by atoms with Gasteiger partial charge in [0.05, 0.1) is 6.61 Å². The van der Waals surface area contributed by atoms with E-state index in [0.29, 0.717) is 0 Å². The molecule has 0 aliphatic heterocycles. The lowest BCUT2D eigenvalue weighted by Crippen LogP contribution is -2.23. The molecule has 0 aliphatic carbocycles. The largest absolute Gasteiger partial charge is 0.493 e. The fraction of sp³-hybridized carbons (Fsp3) is 0.647. The molecule has 19 heavy (non-hydrogen) atoms. The minimum Gasteiger partial charge on any atom is -0.493 e. The van der Waals surface area contributed by atoms with Gasteiger partial charge < -0.3 is 9.64 Å². The second-order valence-corrected chi connectivity index (χ2v) is 5.20. The molecule has 0 saturated carbocycles. The Labute approximate surface area is 118 Å². The number of hydrogen-bond acceptors (Lipinski definition) is 2. The SMILES string of the molecule is CCN(CC)CCCCCOc1ccc(C)cc1C. The Hall–Kier alpha value is -1.02. The molecule has 1 rings (SSSR count). The van der Waals surface area contributed by atoms with E-state index in [4.69, 9.17) is 4.74 Å². The fourth-order valence-corrected chi connectivity index (χ4v) is 2.30. The zero-order valence-corrected chi connectivity index (χ0v) is 13.0. The number of aryl methyl sites for hydroxylation is 2. The van der Waals surface area contributed by atoms with Crippen LogP contribution in [0.15, 0.2) is 18.2 Å². The predicted octanol–water partition coefficient (Wildman–Crippen LogP) is 4.19. The summed E-state index contributed by atoms with van der Waals surface area (Å²) in [6, 6.07) is 6.37. The van der Waals surface area contributed by atoms with Gasteiger partial charge in [-0.05, 0) is 64.4 Å². The molecule has 0 aromatic heterocycles. The van der Waals surface area contributed by atoms with Crippen molar-refractivity contribution in [3.63, 3.8) is 0 Å². The number of nitrogens with zero attached hydrogens (tertiary/aromatic N) is 1. The van der Waals surface area contributed by atoms with E-state index in [-0.39, 0.29) is 0 Å². The van der Waals surface area contributed by atoms with Gasteiger partial charge in [0.25, 0.3) is 0 Å². The molecule has 0 heterocycles. The van der Waals surface area contributed by atoms with Crippen LogP contribution in [0.2, 0.25) is 0 Å². The molecule has 0 atom stereocenters. The van der Waals surface area contributed by atoms with E-state index >= 15 is 0 Å². The molecule has 2 heteroatoms. The smallest absolute Gasteiger partial charge is 0.122 e. The van der Waals surface area contributed by atoms with E-state index in [1.165, 1.54) is 30.5 Å². The van der Waals surface area contributed by atoms with Crippen molar-refractivity contribution >= 4 is 0 Å². The number of rotatable bonds is 9. The van der Waals surface area contributed by atoms with Crippen molar-refractivity contribution in [2.45, 2.75) is 47.0 Å². The molecule has 0 radical (unpaired) electrons. The molecule has 0 amide bonds. The van der Waals surface area contributed by atoms with Gasteiger partial charge in [0.2, 0.25) is 0 Å². The van der Waals surface area contributed by atoms with Gasteiger partial charge in [-0.1, -0.05) is 31.5 Å². The average molecular weight is 263 g/mol. The minimum atomic E-state index is 0.835. The Bertz CT molecular complexity index is 358. The minimum absolute atomic E-state index is 0.835. The Morgan fingerprint density at radius 2 is 1.74 bits per heavy atom. The first kappa shape index (κ1) is 16.0. The summed E-state index contributed by atoms with van der Waals surface area (Å²) in [5.41, 5.74) is 2.53. The van der Waals surface area contributed by atoms with Gasteiger partial charge in [0.15, 0.2) is 0 Å². The fourth-order valence-electron chi connectivity index (χ4n) is 2.30. The van der Waals surface area contributed by atoms with Crippen molar-refractivity contribution in [1.29, 1.82) is 0 Å². The third kappa shape index (κ3) is 6.11. The molecule has 2 nitrogen and oxygen atoms in total. The molecule has 0 bridgehead atoms. The predicted molar refractivity (Wildman–Crippen MR) is 83.1 cm³/mol. The lowest BCUT2D eigenvalue weighted by atomic mass is 10.1. The van der Waals surface area contributed by atoms with Crippen molar-refractivity contribution in [1.82, 2.24) is 4.90 Å². The number of ether oxygens (including phenoxy) is 1. The van der Waals surface area contributed by atoms with Gasteiger partial charge in [-0.2, -0.15) is 0 Å². The van der Waals surface area contributed by atoms with Crippen molar-refractivity contribution in [2.24, 2.45) is 0 Å². The molecule has 108 valence electrons. The molecule has 0 unspecified atom stereocenters. The van der Waals surface area contributed by atoms with E-state index < -0.39 is 0 Å². The van der Waals surface area contributed by atoms with Crippen molar-refractivity contribution in [2.75, 3.05) is 26.2 Å².